The van der Waals surface area contributed by atoms with Crippen LogP contribution in [-0.4, -0.2) is 5.11 Å². The molecule has 0 saturated heterocycles. The quantitative estimate of drug-likeness (QED) is 0.465. The van der Waals surface area contributed by atoms with Gasteiger partial charge in [0.15, 0.2) is 0 Å². The van der Waals surface area contributed by atoms with Crippen molar-refractivity contribution in [3.63, 3.8) is 0 Å². The van der Waals surface area contributed by atoms with Crippen LogP contribution >= 0.6 is 0 Å². The van der Waals surface area contributed by atoms with Gasteiger partial charge in [-0.3, -0.25) is 0 Å². The van der Waals surface area contributed by atoms with Crippen molar-refractivity contribution in [2.45, 2.75) is 13.3 Å². The van der Waals surface area contributed by atoms with E-state index in [0.717, 1.165) is 12.7 Å². The summed E-state index contributed by atoms with van der Waals surface area (Å²) in [5, 5.41) is 7.89. The summed E-state index contributed by atoms with van der Waals surface area (Å²) in [6.07, 6.45) is 3.65. The first-order valence-corrected chi connectivity index (χ1v) is 1.71. The minimum atomic E-state index is 0.913. The Morgan fingerprint density at radius 2 is 2.40 bits per heavy atom. The SMILES string of the molecule is CC/C=C/O. The molecule has 0 unspecified atom stereocenters. The minimum absolute atomic E-state index is 0.913. The lowest BCUT2D eigenvalue weighted by Crippen LogP contribution is -1.48. The van der Waals surface area contributed by atoms with Crippen LogP contribution in [0, 0.1) is 0 Å². The van der Waals surface area contributed by atoms with Crippen LogP contribution in [-0.2, 0) is 0 Å². The average molecular weight is 72.1 g/mol. The van der Waals surface area contributed by atoms with E-state index in [1.807, 2.05) is 6.92 Å². The number of allylic oxidation sites excluding steroid dienone is 1. The fourth-order valence-corrected chi connectivity index (χ4v) is 0.105. The van der Waals surface area contributed by atoms with E-state index >= 15 is 0 Å². The molecule has 0 heterocycles. The third-order valence-corrected chi connectivity index (χ3v) is 0.341. The van der Waals surface area contributed by atoms with Gasteiger partial charge < -0.3 is 5.11 Å². The molecule has 0 aliphatic carbocycles. The van der Waals surface area contributed by atoms with Crippen molar-refractivity contribution < 1.29 is 5.11 Å². The second kappa shape index (κ2) is 3.54. The summed E-state index contributed by atoms with van der Waals surface area (Å²) >= 11 is 0. The van der Waals surface area contributed by atoms with Gasteiger partial charge >= 0.3 is 0 Å². The van der Waals surface area contributed by atoms with Gasteiger partial charge in [0.2, 0.25) is 0 Å². The van der Waals surface area contributed by atoms with E-state index in [0.29, 0.717) is 0 Å². The van der Waals surface area contributed by atoms with E-state index in [1.54, 1.807) is 6.08 Å². The second-order valence-electron chi connectivity index (χ2n) is 0.793. The zero-order valence-corrected chi connectivity index (χ0v) is 3.31. The van der Waals surface area contributed by atoms with Gasteiger partial charge in [0.05, 0.1) is 6.26 Å². The van der Waals surface area contributed by atoms with Gasteiger partial charge in [0, 0.05) is 0 Å². The molecule has 0 aliphatic rings. The summed E-state index contributed by atoms with van der Waals surface area (Å²) in [4.78, 5) is 0. The number of aliphatic hydroxyl groups is 1. The zero-order valence-electron chi connectivity index (χ0n) is 3.31. The molecule has 0 radical (unpaired) electrons. The lowest BCUT2D eigenvalue weighted by molar-refractivity contribution is 0.471. The topological polar surface area (TPSA) is 20.2 Å². The van der Waals surface area contributed by atoms with Gasteiger partial charge in [-0.1, -0.05) is 13.0 Å². The van der Waals surface area contributed by atoms with Crippen LogP contribution in [0.15, 0.2) is 12.3 Å². The smallest absolute Gasteiger partial charge is 0.0751 e. The molecule has 0 bridgehead atoms. The molecule has 0 atom stereocenters. The van der Waals surface area contributed by atoms with Crippen LogP contribution in [0.1, 0.15) is 13.3 Å². The molecule has 30 valence electrons. The van der Waals surface area contributed by atoms with Gasteiger partial charge in [-0.25, -0.2) is 0 Å². The van der Waals surface area contributed by atoms with E-state index in [1.165, 1.54) is 0 Å². The minimum Gasteiger partial charge on any atom is -0.516 e. The maximum absolute atomic E-state index is 7.89. The lowest BCUT2D eigenvalue weighted by atomic mass is 10.5. The van der Waals surface area contributed by atoms with E-state index in [-0.39, 0.29) is 0 Å². The third kappa shape index (κ3) is 3.54. The zero-order chi connectivity index (χ0) is 4.12. The van der Waals surface area contributed by atoms with E-state index < -0.39 is 0 Å². The molecule has 0 saturated carbocycles. The highest BCUT2D eigenvalue weighted by Crippen LogP contribution is 1.71. The maximum atomic E-state index is 7.89. The molecule has 0 aromatic heterocycles. The standard InChI is InChI=1S/C4H8O/c1-2-3-4-5/h3-5H,2H2,1H3/b4-3+. The Kier molecular flexibility index (Phi) is 3.21. The summed E-state index contributed by atoms with van der Waals surface area (Å²) in [6.45, 7) is 1.96. The Labute approximate surface area is 31.9 Å². The predicted molar refractivity (Wildman–Crippen MR) is 22.1 cm³/mol. The third-order valence-electron chi connectivity index (χ3n) is 0.341. The Bertz CT molecular complexity index is 30.6. The van der Waals surface area contributed by atoms with Crippen molar-refractivity contribution in [1.29, 1.82) is 0 Å². The molecule has 0 fully saturated rings. The van der Waals surface area contributed by atoms with Gasteiger partial charge in [-0.2, -0.15) is 0 Å². The van der Waals surface area contributed by atoms with Crippen molar-refractivity contribution in [3.8, 4) is 0 Å². The molecule has 1 heteroatoms. The summed E-state index contributed by atoms with van der Waals surface area (Å²) < 4.78 is 0. The summed E-state index contributed by atoms with van der Waals surface area (Å²) in [5.74, 6) is 0. The Balaban J connectivity index is 2.62. The van der Waals surface area contributed by atoms with Gasteiger partial charge in [-0.15, -0.1) is 0 Å². The van der Waals surface area contributed by atoms with Crippen molar-refractivity contribution in [3.05, 3.63) is 12.3 Å². The largest absolute Gasteiger partial charge is 0.516 e. The molecular weight excluding hydrogens is 64.0 g/mol. The van der Waals surface area contributed by atoms with Crippen LogP contribution in [0.3, 0.4) is 0 Å². The van der Waals surface area contributed by atoms with Gasteiger partial charge in [0.1, 0.15) is 0 Å². The summed E-state index contributed by atoms with van der Waals surface area (Å²) in [5.41, 5.74) is 0. The highest BCUT2D eigenvalue weighted by atomic mass is 16.2. The predicted octanol–water partition coefficient (Wildman–Crippen LogP) is 1.47. The van der Waals surface area contributed by atoms with Crippen LogP contribution in [0.2, 0.25) is 0 Å². The molecule has 1 N–H and O–H groups in total. The summed E-state index contributed by atoms with van der Waals surface area (Å²) in [7, 11) is 0. The summed E-state index contributed by atoms with van der Waals surface area (Å²) in [6, 6.07) is 0. The highest BCUT2D eigenvalue weighted by molar-refractivity contribution is 4.66. The van der Waals surface area contributed by atoms with E-state index in [2.05, 4.69) is 0 Å². The van der Waals surface area contributed by atoms with Gasteiger partial charge in [-0.05, 0) is 6.42 Å². The highest BCUT2D eigenvalue weighted by Gasteiger charge is 1.53. The first-order chi connectivity index (χ1) is 2.41. The molecule has 0 spiro atoms. The lowest BCUT2D eigenvalue weighted by Gasteiger charge is -1.65. The molecule has 0 aromatic rings. The number of hydrogen-bond donors (Lipinski definition) is 1. The van der Waals surface area contributed by atoms with Crippen molar-refractivity contribution in [2.75, 3.05) is 0 Å². The first kappa shape index (κ1) is 4.54. The average Bonchev–Trinajstić information content (AvgIpc) is 1.41. The van der Waals surface area contributed by atoms with Crippen molar-refractivity contribution >= 4 is 0 Å². The molecule has 0 amide bonds. The maximum Gasteiger partial charge on any atom is 0.0751 e. The Morgan fingerprint density at radius 3 is 2.40 bits per heavy atom. The second-order valence-corrected chi connectivity index (χ2v) is 0.793. The molecule has 0 aliphatic heterocycles. The van der Waals surface area contributed by atoms with E-state index in [9.17, 15) is 0 Å². The molecule has 5 heavy (non-hydrogen) atoms. The molecule has 1 nitrogen and oxygen atoms in total. The molecule has 0 aromatic carbocycles. The van der Waals surface area contributed by atoms with E-state index in [4.69, 9.17) is 5.11 Å². The van der Waals surface area contributed by atoms with Gasteiger partial charge in [0.25, 0.3) is 0 Å². The monoisotopic (exact) mass is 72.1 g/mol. The first-order valence-electron chi connectivity index (χ1n) is 1.71. The van der Waals surface area contributed by atoms with Crippen LogP contribution in [0.4, 0.5) is 0 Å². The Morgan fingerprint density at radius 1 is 1.80 bits per heavy atom. The van der Waals surface area contributed by atoms with Crippen LogP contribution in [0.5, 0.6) is 0 Å². The van der Waals surface area contributed by atoms with Crippen LogP contribution < -0.4 is 0 Å². The number of aliphatic hydroxyl groups excluding tert-OH is 1. The fraction of sp³-hybridized carbons (Fsp3) is 0.500. The van der Waals surface area contributed by atoms with Crippen molar-refractivity contribution in [1.82, 2.24) is 0 Å². The normalized spacial score (nSPS) is 9.80. The van der Waals surface area contributed by atoms with Crippen molar-refractivity contribution in [2.24, 2.45) is 0 Å². The number of rotatable bonds is 1. The number of hydrogen-bond acceptors (Lipinski definition) is 1. The molecule has 0 rings (SSSR count). The molecular formula is C4H8O. The Hall–Kier alpha value is -0.460. The fourth-order valence-electron chi connectivity index (χ4n) is 0.105. The van der Waals surface area contributed by atoms with Crippen LogP contribution in [0.25, 0.3) is 0 Å².